The third-order valence-electron chi connectivity index (χ3n) is 5.50. The maximum Gasteiger partial charge on any atom is 0.305 e. The van der Waals surface area contributed by atoms with E-state index in [9.17, 15) is 9.59 Å². The van der Waals surface area contributed by atoms with E-state index in [2.05, 4.69) is 12.1 Å². The number of ether oxygens (including phenoxy) is 4. The molecule has 3 rings (SSSR count). The molecular formula is C28H34O6. The summed E-state index contributed by atoms with van der Waals surface area (Å²) in [5, 5.41) is 3.65. The molecule has 0 N–H and O–H groups in total. The van der Waals surface area contributed by atoms with E-state index in [0.29, 0.717) is 12.8 Å². The molecule has 0 aliphatic carbocycles. The van der Waals surface area contributed by atoms with E-state index in [-0.39, 0.29) is 37.4 Å². The largest absolute Gasteiger partial charge is 0.488 e. The summed E-state index contributed by atoms with van der Waals surface area (Å²) in [5.74, 6) is 0.953. The summed E-state index contributed by atoms with van der Waals surface area (Å²) >= 11 is 0. The van der Waals surface area contributed by atoms with E-state index in [1.165, 1.54) is 0 Å². The molecule has 0 bridgehead atoms. The highest BCUT2D eigenvalue weighted by Gasteiger charge is 2.19. The lowest BCUT2D eigenvalue weighted by molar-refractivity contribution is -0.150. The fraction of sp³-hybridized carbons (Fsp3) is 0.429. The molecule has 0 aromatic heterocycles. The van der Waals surface area contributed by atoms with Gasteiger partial charge in [-0.2, -0.15) is 0 Å². The topological polar surface area (TPSA) is 71.1 Å². The molecule has 34 heavy (non-hydrogen) atoms. The first-order valence-corrected chi connectivity index (χ1v) is 11.8. The van der Waals surface area contributed by atoms with E-state index < -0.39 is 0 Å². The summed E-state index contributed by atoms with van der Waals surface area (Å²) in [4.78, 5) is 23.3. The zero-order chi connectivity index (χ0) is 24.8. The average Bonchev–Trinajstić information content (AvgIpc) is 2.80. The minimum absolute atomic E-state index is 0.238. The molecule has 0 aliphatic rings. The van der Waals surface area contributed by atoms with Gasteiger partial charge in [-0.25, -0.2) is 0 Å². The standard InChI is InChI=1S/C28H34O6/c1-7-25(29)33-19(5)15-31-27-21-11-9-18(4)14-24(21)28(22-12-10-17(3)13-23(22)27)32-16-20(6)34-26(30)8-2/h9-14,19-20H,7-8,15-16H2,1-6H3. The van der Waals surface area contributed by atoms with Crippen molar-refractivity contribution in [3.05, 3.63) is 47.5 Å². The molecule has 0 spiro atoms. The van der Waals surface area contributed by atoms with Gasteiger partial charge in [-0.05, 0) is 39.8 Å². The molecule has 0 saturated heterocycles. The second-order valence-corrected chi connectivity index (χ2v) is 8.69. The minimum Gasteiger partial charge on any atom is -0.488 e. The fourth-order valence-electron chi connectivity index (χ4n) is 3.77. The summed E-state index contributed by atoms with van der Waals surface area (Å²) in [5.41, 5.74) is 2.18. The maximum atomic E-state index is 11.7. The van der Waals surface area contributed by atoms with Crippen LogP contribution in [0.1, 0.15) is 51.7 Å². The Hall–Kier alpha value is -3.28. The first kappa shape index (κ1) is 25.3. The monoisotopic (exact) mass is 466 g/mol. The van der Waals surface area contributed by atoms with Crippen molar-refractivity contribution < 1.29 is 28.5 Å². The number of hydrogen-bond donors (Lipinski definition) is 0. The molecular weight excluding hydrogens is 432 g/mol. The van der Waals surface area contributed by atoms with Gasteiger partial charge in [0.15, 0.2) is 0 Å². The first-order chi connectivity index (χ1) is 16.2. The number of benzene rings is 3. The molecule has 0 aliphatic heterocycles. The van der Waals surface area contributed by atoms with Crippen LogP contribution in [0.15, 0.2) is 36.4 Å². The van der Waals surface area contributed by atoms with Crippen LogP contribution in [0.3, 0.4) is 0 Å². The molecule has 6 nitrogen and oxygen atoms in total. The van der Waals surface area contributed by atoms with Gasteiger partial charge in [0, 0.05) is 34.4 Å². The molecule has 182 valence electrons. The molecule has 3 aromatic carbocycles. The van der Waals surface area contributed by atoms with Gasteiger partial charge in [-0.15, -0.1) is 0 Å². The third-order valence-corrected chi connectivity index (χ3v) is 5.50. The molecule has 3 aromatic rings. The van der Waals surface area contributed by atoms with E-state index in [1.807, 2.05) is 52.0 Å². The summed E-state index contributed by atoms with van der Waals surface area (Å²) in [6.07, 6.45) is -0.102. The van der Waals surface area contributed by atoms with Crippen LogP contribution in [0, 0.1) is 13.8 Å². The normalized spacial score (nSPS) is 12.9. The van der Waals surface area contributed by atoms with Gasteiger partial charge in [0.1, 0.15) is 36.9 Å². The predicted molar refractivity (Wildman–Crippen MR) is 134 cm³/mol. The maximum absolute atomic E-state index is 11.7. The van der Waals surface area contributed by atoms with Gasteiger partial charge in [-0.1, -0.05) is 49.2 Å². The Morgan fingerprint density at radius 1 is 0.676 bits per heavy atom. The highest BCUT2D eigenvalue weighted by molar-refractivity contribution is 6.11. The van der Waals surface area contributed by atoms with Gasteiger partial charge < -0.3 is 18.9 Å². The summed E-state index contributed by atoms with van der Waals surface area (Å²) in [7, 11) is 0. The second-order valence-electron chi connectivity index (χ2n) is 8.69. The summed E-state index contributed by atoms with van der Waals surface area (Å²) in [6, 6.07) is 12.3. The van der Waals surface area contributed by atoms with Gasteiger partial charge >= 0.3 is 11.9 Å². The van der Waals surface area contributed by atoms with Crippen LogP contribution < -0.4 is 9.47 Å². The Labute approximate surface area is 201 Å². The predicted octanol–water partition coefficient (Wildman–Crippen LogP) is 6.05. The van der Waals surface area contributed by atoms with Crippen molar-refractivity contribution in [3.63, 3.8) is 0 Å². The molecule has 0 fully saturated rings. The van der Waals surface area contributed by atoms with Gasteiger partial charge in [0.05, 0.1) is 0 Å². The van der Waals surface area contributed by atoms with Gasteiger partial charge in [0.2, 0.25) is 0 Å². The molecule has 6 heteroatoms. The quantitative estimate of drug-likeness (QED) is 0.268. The SMILES string of the molecule is CCC(=O)OC(C)COc1c2ccc(C)cc2c(OCC(C)OC(=O)CC)c2ccc(C)cc12. The number of carbonyl (C=O) groups excluding carboxylic acids is 2. The van der Waals surface area contributed by atoms with Crippen molar-refractivity contribution in [1.82, 2.24) is 0 Å². The van der Waals surface area contributed by atoms with E-state index in [4.69, 9.17) is 18.9 Å². The third kappa shape index (κ3) is 5.99. The second kappa shape index (κ2) is 11.2. The number of carbonyl (C=O) groups is 2. The van der Waals surface area contributed by atoms with Crippen LogP contribution in [-0.2, 0) is 19.1 Å². The number of esters is 2. The van der Waals surface area contributed by atoms with Crippen LogP contribution in [0.5, 0.6) is 11.5 Å². The lowest BCUT2D eigenvalue weighted by Gasteiger charge is -2.21. The van der Waals surface area contributed by atoms with Gasteiger partial charge in [-0.3, -0.25) is 9.59 Å². The lowest BCUT2D eigenvalue weighted by Crippen LogP contribution is -2.22. The van der Waals surface area contributed by atoms with Crippen molar-refractivity contribution in [1.29, 1.82) is 0 Å². The van der Waals surface area contributed by atoms with Crippen LogP contribution in [0.2, 0.25) is 0 Å². The lowest BCUT2D eigenvalue weighted by atomic mass is 9.97. The Morgan fingerprint density at radius 2 is 1.06 bits per heavy atom. The molecule has 0 radical (unpaired) electrons. The van der Waals surface area contributed by atoms with Crippen molar-refractivity contribution in [2.75, 3.05) is 13.2 Å². The molecule has 0 heterocycles. The molecule has 2 unspecified atom stereocenters. The van der Waals surface area contributed by atoms with Crippen molar-refractivity contribution >= 4 is 33.5 Å². The average molecular weight is 467 g/mol. The van der Waals surface area contributed by atoms with Crippen molar-refractivity contribution in [3.8, 4) is 11.5 Å². The van der Waals surface area contributed by atoms with Crippen LogP contribution >= 0.6 is 0 Å². The molecule has 0 amide bonds. The van der Waals surface area contributed by atoms with Crippen LogP contribution in [0.25, 0.3) is 21.5 Å². The Morgan fingerprint density at radius 3 is 1.41 bits per heavy atom. The van der Waals surface area contributed by atoms with E-state index in [1.54, 1.807) is 13.8 Å². The smallest absolute Gasteiger partial charge is 0.305 e. The number of aryl methyl sites for hydroxylation is 2. The van der Waals surface area contributed by atoms with Gasteiger partial charge in [0.25, 0.3) is 0 Å². The van der Waals surface area contributed by atoms with E-state index >= 15 is 0 Å². The number of rotatable bonds is 10. The van der Waals surface area contributed by atoms with Crippen LogP contribution in [0.4, 0.5) is 0 Å². The first-order valence-electron chi connectivity index (χ1n) is 11.8. The summed E-state index contributed by atoms with van der Waals surface area (Å²) in [6.45, 7) is 11.7. The zero-order valence-electron chi connectivity index (χ0n) is 20.9. The van der Waals surface area contributed by atoms with Crippen molar-refractivity contribution in [2.45, 2.75) is 66.6 Å². The van der Waals surface area contributed by atoms with E-state index in [0.717, 1.165) is 44.2 Å². The Kier molecular flexibility index (Phi) is 8.37. The highest BCUT2D eigenvalue weighted by atomic mass is 16.6. The minimum atomic E-state index is -0.377. The van der Waals surface area contributed by atoms with Crippen molar-refractivity contribution in [2.24, 2.45) is 0 Å². The number of fused-ring (bicyclic) bond motifs is 2. The zero-order valence-corrected chi connectivity index (χ0v) is 20.9. The Balaban J connectivity index is 2.05. The molecule has 0 saturated carbocycles. The fourth-order valence-corrected chi connectivity index (χ4v) is 3.77. The molecule has 2 atom stereocenters. The highest BCUT2D eigenvalue weighted by Crippen LogP contribution is 2.43. The van der Waals surface area contributed by atoms with Crippen LogP contribution in [-0.4, -0.2) is 37.4 Å². The number of hydrogen-bond acceptors (Lipinski definition) is 6. The summed E-state index contributed by atoms with van der Waals surface area (Å²) < 4.78 is 23.3. The Bertz CT molecular complexity index is 1090.